The third kappa shape index (κ3) is 3.12. The molecule has 114 valence electrons. The molecule has 21 heavy (non-hydrogen) atoms. The van der Waals surface area contributed by atoms with Crippen molar-refractivity contribution in [2.45, 2.75) is 32.2 Å². The number of amides is 2. The molecule has 1 aliphatic heterocycles. The maximum atomic E-state index is 12.8. The van der Waals surface area contributed by atoms with Gasteiger partial charge in [0.05, 0.1) is 20.8 Å². The van der Waals surface area contributed by atoms with E-state index in [0.29, 0.717) is 27.2 Å². The molecule has 0 radical (unpaired) electrons. The van der Waals surface area contributed by atoms with Crippen molar-refractivity contribution in [2.24, 2.45) is 0 Å². The Labute approximate surface area is 138 Å². The molecule has 1 saturated heterocycles. The molecule has 0 spiro atoms. The summed E-state index contributed by atoms with van der Waals surface area (Å²) in [5.41, 5.74) is -0.490. The second-order valence-corrected chi connectivity index (χ2v) is 6.38. The summed E-state index contributed by atoms with van der Waals surface area (Å²) in [7, 11) is 0. The lowest BCUT2D eigenvalue weighted by atomic mass is 9.97. The third-order valence-corrected chi connectivity index (χ3v) is 4.71. The summed E-state index contributed by atoms with van der Waals surface area (Å²) >= 11 is 18.1. The van der Waals surface area contributed by atoms with Gasteiger partial charge in [-0.1, -0.05) is 41.7 Å². The van der Waals surface area contributed by atoms with Gasteiger partial charge in [0, 0.05) is 13.0 Å². The van der Waals surface area contributed by atoms with Gasteiger partial charge in [-0.25, -0.2) is 0 Å². The summed E-state index contributed by atoms with van der Waals surface area (Å²) in [6.45, 7) is 3.80. The topological polar surface area (TPSA) is 49.4 Å². The molecule has 1 unspecified atom stereocenters. The number of anilines is 1. The molecule has 1 N–H and O–H groups in total. The van der Waals surface area contributed by atoms with Crippen LogP contribution >= 0.6 is 34.8 Å². The first-order valence-electron chi connectivity index (χ1n) is 6.56. The average Bonchev–Trinajstić information content (AvgIpc) is 2.53. The smallest absolute Gasteiger partial charge is 0.252 e. The quantitative estimate of drug-likeness (QED) is 0.828. The second-order valence-electron chi connectivity index (χ2n) is 5.16. The molecule has 1 aliphatic rings. The number of benzene rings is 1. The van der Waals surface area contributed by atoms with E-state index in [4.69, 9.17) is 34.8 Å². The first kappa shape index (κ1) is 16.4. The highest BCUT2D eigenvalue weighted by atomic mass is 35.5. The number of nitrogens with one attached hydrogen (secondary N) is 1. The van der Waals surface area contributed by atoms with Gasteiger partial charge in [-0.3, -0.25) is 9.59 Å². The molecule has 1 fully saturated rings. The third-order valence-electron chi connectivity index (χ3n) is 3.68. The molecule has 1 aromatic carbocycles. The van der Waals surface area contributed by atoms with Gasteiger partial charge in [0.2, 0.25) is 5.91 Å². The fourth-order valence-electron chi connectivity index (χ4n) is 2.22. The molecular weight excluding hydrogens is 335 g/mol. The predicted molar refractivity (Wildman–Crippen MR) is 85.3 cm³/mol. The Hall–Kier alpha value is -0.970. The first-order chi connectivity index (χ1) is 9.78. The predicted octanol–water partition coefficient (Wildman–Crippen LogP) is 3.67. The highest BCUT2D eigenvalue weighted by Gasteiger charge is 2.40. The number of hydrogen-bond acceptors (Lipinski definition) is 2. The summed E-state index contributed by atoms with van der Waals surface area (Å²) in [4.78, 5) is 26.1. The highest BCUT2D eigenvalue weighted by Crippen LogP contribution is 2.36. The van der Waals surface area contributed by atoms with Crippen LogP contribution in [-0.2, 0) is 9.59 Å². The molecule has 2 rings (SSSR count). The molecule has 0 bridgehead atoms. The number of carbonyl (C=O) groups is 2. The minimum atomic E-state index is -0.955. The van der Waals surface area contributed by atoms with Crippen molar-refractivity contribution in [1.29, 1.82) is 0 Å². The largest absolute Gasteiger partial charge is 0.342 e. The molecule has 0 aliphatic carbocycles. The molecule has 0 saturated carbocycles. The highest BCUT2D eigenvalue weighted by molar-refractivity contribution is 6.44. The minimum absolute atomic E-state index is 0.161. The number of rotatable bonds is 2. The maximum Gasteiger partial charge on any atom is 0.252 e. The summed E-state index contributed by atoms with van der Waals surface area (Å²) in [5, 5.41) is 3.72. The van der Waals surface area contributed by atoms with Gasteiger partial charge in [-0.15, -0.1) is 0 Å². The molecule has 1 atom stereocenters. The van der Waals surface area contributed by atoms with Gasteiger partial charge >= 0.3 is 0 Å². The molecule has 0 aromatic heterocycles. The van der Waals surface area contributed by atoms with E-state index in [-0.39, 0.29) is 24.8 Å². The molecule has 4 nitrogen and oxygen atoms in total. The van der Waals surface area contributed by atoms with E-state index in [9.17, 15) is 9.59 Å². The average molecular weight is 350 g/mol. The van der Waals surface area contributed by atoms with E-state index in [1.807, 2.05) is 6.92 Å². The van der Waals surface area contributed by atoms with Crippen LogP contribution in [0.4, 0.5) is 5.69 Å². The fourth-order valence-corrected chi connectivity index (χ4v) is 2.87. The lowest BCUT2D eigenvalue weighted by Gasteiger charge is -2.31. The summed E-state index contributed by atoms with van der Waals surface area (Å²) < 4.78 is 0. The van der Waals surface area contributed by atoms with Crippen molar-refractivity contribution in [3.05, 3.63) is 27.2 Å². The van der Waals surface area contributed by atoms with Crippen molar-refractivity contribution >= 4 is 52.3 Å². The van der Waals surface area contributed by atoms with Crippen molar-refractivity contribution < 1.29 is 9.59 Å². The minimum Gasteiger partial charge on any atom is -0.342 e. The normalized spacial score (nSPS) is 23.0. The van der Waals surface area contributed by atoms with E-state index in [1.165, 1.54) is 11.0 Å². The van der Waals surface area contributed by atoms with Crippen LogP contribution in [0.1, 0.15) is 26.7 Å². The number of hydrogen-bond donors (Lipinski definition) is 1. The van der Waals surface area contributed by atoms with Crippen LogP contribution in [0, 0.1) is 0 Å². The van der Waals surface area contributed by atoms with Crippen LogP contribution in [0.15, 0.2) is 12.1 Å². The lowest BCUT2D eigenvalue weighted by Crippen LogP contribution is -2.54. The molecule has 2 amide bonds. The van der Waals surface area contributed by atoms with Crippen LogP contribution in [0.3, 0.4) is 0 Å². The maximum absolute atomic E-state index is 12.8. The van der Waals surface area contributed by atoms with Crippen LogP contribution in [-0.4, -0.2) is 23.9 Å². The fraction of sp³-hybridized carbons (Fsp3) is 0.429. The van der Waals surface area contributed by atoms with Crippen LogP contribution in [0.2, 0.25) is 15.1 Å². The molecule has 1 aromatic rings. The monoisotopic (exact) mass is 348 g/mol. The van der Waals surface area contributed by atoms with Gasteiger partial charge in [0.1, 0.15) is 5.54 Å². The van der Waals surface area contributed by atoms with Crippen molar-refractivity contribution in [3.63, 3.8) is 0 Å². The van der Waals surface area contributed by atoms with Crippen LogP contribution in [0.5, 0.6) is 0 Å². The molecular formula is C14H15Cl3N2O2. The lowest BCUT2D eigenvalue weighted by molar-refractivity contribution is -0.129. The van der Waals surface area contributed by atoms with Gasteiger partial charge in [0.15, 0.2) is 0 Å². The van der Waals surface area contributed by atoms with Gasteiger partial charge in [-0.2, -0.15) is 0 Å². The van der Waals surface area contributed by atoms with E-state index >= 15 is 0 Å². The number of halogens is 3. The molecule has 1 heterocycles. The van der Waals surface area contributed by atoms with Gasteiger partial charge in [-0.05, 0) is 25.5 Å². The Morgan fingerprint density at radius 1 is 1.19 bits per heavy atom. The van der Waals surface area contributed by atoms with Crippen LogP contribution < -0.4 is 10.2 Å². The molecule has 7 heteroatoms. The van der Waals surface area contributed by atoms with Gasteiger partial charge in [0.25, 0.3) is 5.91 Å². The Morgan fingerprint density at radius 2 is 1.81 bits per heavy atom. The summed E-state index contributed by atoms with van der Waals surface area (Å²) in [6, 6.07) is 3.05. The first-order valence-corrected chi connectivity index (χ1v) is 7.69. The zero-order chi connectivity index (χ0) is 15.8. The van der Waals surface area contributed by atoms with Crippen molar-refractivity contribution in [2.75, 3.05) is 11.4 Å². The summed E-state index contributed by atoms with van der Waals surface area (Å²) in [6.07, 6.45) is 0.685. The van der Waals surface area contributed by atoms with E-state index in [2.05, 4.69) is 5.32 Å². The van der Waals surface area contributed by atoms with Crippen molar-refractivity contribution in [1.82, 2.24) is 5.32 Å². The Balaban J connectivity index is 2.49. The van der Waals surface area contributed by atoms with Gasteiger partial charge < -0.3 is 10.2 Å². The Morgan fingerprint density at radius 3 is 2.43 bits per heavy atom. The number of nitrogens with zero attached hydrogens (tertiary/aromatic N) is 1. The zero-order valence-corrected chi connectivity index (χ0v) is 13.9. The second kappa shape index (κ2) is 6.03. The standard InChI is InChI=1S/C14H15Cl3N2O2/c1-3-14(2)13(21)19(5-4-12(20)18-14)11-7-9(16)8(15)6-10(11)17/h6-7H,3-5H2,1-2H3,(H,18,20). The van der Waals surface area contributed by atoms with E-state index < -0.39 is 5.54 Å². The zero-order valence-electron chi connectivity index (χ0n) is 11.7. The SMILES string of the molecule is CCC1(C)NC(=O)CCN(c2cc(Cl)c(Cl)cc2Cl)C1=O. The number of carbonyl (C=O) groups excluding carboxylic acids is 2. The van der Waals surface area contributed by atoms with Crippen molar-refractivity contribution in [3.8, 4) is 0 Å². The van der Waals surface area contributed by atoms with E-state index in [1.54, 1.807) is 13.0 Å². The summed E-state index contributed by atoms with van der Waals surface area (Å²) in [5.74, 6) is -0.373. The van der Waals surface area contributed by atoms with Crippen LogP contribution in [0.25, 0.3) is 0 Å². The Kier molecular flexibility index (Phi) is 4.71. The Bertz CT molecular complexity index is 606. The van der Waals surface area contributed by atoms with E-state index in [0.717, 1.165) is 0 Å².